The molecule has 0 saturated carbocycles. The molecule has 1 aromatic carbocycles. The summed E-state index contributed by atoms with van der Waals surface area (Å²) in [7, 11) is 3.95. The normalized spacial score (nSPS) is 13.7. The number of rotatable bonds is 6. The first-order chi connectivity index (χ1) is 8.90. The van der Waals surface area contributed by atoms with E-state index in [1.54, 1.807) is 0 Å². The number of nitrogens with zero attached hydrogens (tertiary/aromatic N) is 2. The highest BCUT2D eigenvalue weighted by molar-refractivity contribution is 5.50. The van der Waals surface area contributed by atoms with Gasteiger partial charge >= 0.3 is 0 Å². The minimum absolute atomic E-state index is 0.413. The molecule has 0 radical (unpaired) electrons. The molecule has 1 atom stereocenters. The molecule has 1 unspecified atom stereocenters. The van der Waals surface area contributed by atoms with Gasteiger partial charge in [0.2, 0.25) is 0 Å². The largest absolute Gasteiger partial charge is 0.375 e. The summed E-state index contributed by atoms with van der Waals surface area (Å²) in [5.41, 5.74) is 3.42. The molecule has 104 valence electrons. The zero-order valence-electron chi connectivity index (χ0n) is 12.7. The first-order valence-electron chi connectivity index (χ1n) is 6.80. The molecular formula is C16H25N3. The van der Waals surface area contributed by atoms with Crippen LogP contribution in [0, 0.1) is 25.2 Å². The zero-order valence-corrected chi connectivity index (χ0v) is 12.7. The number of hydrogen-bond acceptors (Lipinski definition) is 3. The molecule has 0 bridgehead atoms. The number of nitrogens with one attached hydrogen (secondary N) is 1. The average molecular weight is 259 g/mol. The predicted molar refractivity (Wildman–Crippen MR) is 81.5 cm³/mol. The molecule has 0 amide bonds. The lowest BCUT2D eigenvalue weighted by atomic mass is 9.98. The standard InChI is InChI=1S/C16H25N3/c1-13-9-14(2)11-15(10-13)19(5)8-6-7-16(3,12-17)18-4/h9-11,18H,6-8H2,1-5H3. The van der Waals surface area contributed by atoms with Crippen LogP contribution in [0.2, 0.25) is 0 Å². The Bertz CT molecular complexity index is 441. The Kier molecular flexibility index (Phi) is 5.38. The van der Waals surface area contributed by atoms with E-state index in [9.17, 15) is 0 Å². The van der Waals surface area contributed by atoms with Gasteiger partial charge in [0.15, 0.2) is 0 Å². The predicted octanol–water partition coefficient (Wildman–Crippen LogP) is 3.02. The maximum absolute atomic E-state index is 9.11. The maximum Gasteiger partial charge on any atom is 0.103 e. The second-order valence-electron chi connectivity index (χ2n) is 5.56. The van der Waals surface area contributed by atoms with Crippen molar-refractivity contribution in [1.82, 2.24) is 5.32 Å². The quantitative estimate of drug-likeness (QED) is 0.853. The van der Waals surface area contributed by atoms with E-state index in [-0.39, 0.29) is 0 Å². The lowest BCUT2D eigenvalue weighted by Crippen LogP contribution is -2.38. The molecule has 0 aliphatic heterocycles. The van der Waals surface area contributed by atoms with Gasteiger partial charge in [-0.05, 0) is 63.9 Å². The molecule has 0 fully saturated rings. The molecular weight excluding hydrogens is 234 g/mol. The number of anilines is 1. The Morgan fingerprint density at radius 2 is 1.84 bits per heavy atom. The van der Waals surface area contributed by atoms with Gasteiger partial charge < -0.3 is 10.2 Å². The minimum Gasteiger partial charge on any atom is -0.375 e. The van der Waals surface area contributed by atoms with Crippen LogP contribution in [0.4, 0.5) is 5.69 Å². The van der Waals surface area contributed by atoms with Crippen molar-refractivity contribution < 1.29 is 0 Å². The lowest BCUT2D eigenvalue weighted by Gasteiger charge is -2.24. The second-order valence-corrected chi connectivity index (χ2v) is 5.56. The van der Waals surface area contributed by atoms with Crippen LogP contribution in [0.15, 0.2) is 18.2 Å². The Balaban J connectivity index is 2.56. The monoisotopic (exact) mass is 259 g/mol. The van der Waals surface area contributed by atoms with Crippen LogP contribution in [-0.2, 0) is 0 Å². The molecule has 1 rings (SSSR count). The number of nitriles is 1. The Morgan fingerprint density at radius 3 is 2.32 bits per heavy atom. The van der Waals surface area contributed by atoms with Crippen molar-refractivity contribution >= 4 is 5.69 Å². The van der Waals surface area contributed by atoms with Gasteiger partial charge in [-0.25, -0.2) is 0 Å². The summed E-state index contributed by atoms with van der Waals surface area (Å²) in [6.45, 7) is 7.15. The summed E-state index contributed by atoms with van der Waals surface area (Å²) < 4.78 is 0. The van der Waals surface area contributed by atoms with Gasteiger partial charge in [0, 0.05) is 19.3 Å². The maximum atomic E-state index is 9.11. The summed E-state index contributed by atoms with van der Waals surface area (Å²) in [5.74, 6) is 0. The van der Waals surface area contributed by atoms with Crippen molar-refractivity contribution in [2.75, 3.05) is 25.5 Å². The summed E-state index contributed by atoms with van der Waals surface area (Å²) in [6.07, 6.45) is 1.85. The van der Waals surface area contributed by atoms with Gasteiger partial charge in [0.1, 0.15) is 5.54 Å². The second kappa shape index (κ2) is 6.58. The molecule has 19 heavy (non-hydrogen) atoms. The first-order valence-corrected chi connectivity index (χ1v) is 6.80. The third-order valence-electron chi connectivity index (χ3n) is 3.62. The number of aryl methyl sites for hydroxylation is 2. The summed E-state index contributed by atoms with van der Waals surface area (Å²) >= 11 is 0. The average Bonchev–Trinajstić information content (AvgIpc) is 2.37. The summed E-state index contributed by atoms with van der Waals surface area (Å²) in [6, 6.07) is 8.92. The molecule has 0 aliphatic rings. The minimum atomic E-state index is -0.413. The van der Waals surface area contributed by atoms with Crippen LogP contribution in [0.3, 0.4) is 0 Å². The van der Waals surface area contributed by atoms with Crippen LogP contribution >= 0.6 is 0 Å². The Labute approximate surface area is 117 Å². The highest BCUT2D eigenvalue weighted by atomic mass is 15.1. The van der Waals surface area contributed by atoms with Crippen molar-refractivity contribution in [3.8, 4) is 6.07 Å². The van der Waals surface area contributed by atoms with Gasteiger partial charge in [0.25, 0.3) is 0 Å². The third-order valence-corrected chi connectivity index (χ3v) is 3.62. The number of benzene rings is 1. The topological polar surface area (TPSA) is 39.1 Å². The van der Waals surface area contributed by atoms with Gasteiger partial charge in [-0.3, -0.25) is 0 Å². The highest BCUT2D eigenvalue weighted by Crippen LogP contribution is 2.19. The van der Waals surface area contributed by atoms with Crippen LogP contribution in [0.1, 0.15) is 30.9 Å². The molecule has 0 spiro atoms. The van der Waals surface area contributed by atoms with Crippen molar-refractivity contribution in [3.05, 3.63) is 29.3 Å². The SMILES string of the molecule is CNC(C)(C#N)CCCN(C)c1cc(C)cc(C)c1. The Hall–Kier alpha value is -1.53. The van der Waals surface area contributed by atoms with Crippen LogP contribution in [-0.4, -0.2) is 26.2 Å². The fourth-order valence-electron chi connectivity index (χ4n) is 2.21. The molecule has 0 saturated heterocycles. The van der Waals surface area contributed by atoms with Crippen LogP contribution in [0.5, 0.6) is 0 Å². The summed E-state index contributed by atoms with van der Waals surface area (Å²) in [4.78, 5) is 2.26. The zero-order chi connectivity index (χ0) is 14.5. The Morgan fingerprint density at radius 1 is 1.26 bits per heavy atom. The number of hydrogen-bond donors (Lipinski definition) is 1. The van der Waals surface area contributed by atoms with Crippen molar-refractivity contribution in [2.24, 2.45) is 0 Å². The van der Waals surface area contributed by atoms with E-state index in [0.717, 1.165) is 19.4 Å². The van der Waals surface area contributed by atoms with E-state index in [0.29, 0.717) is 0 Å². The van der Waals surface area contributed by atoms with E-state index >= 15 is 0 Å². The molecule has 0 heterocycles. The molecule has 3 heteroatoms. The first kappa shape index (κ1) is 15.5. The van der Waals surface area contributed by atoms with Crippen molar-refractivity contribution in [1.29, 1.82) is 5.26 Å². The highest BCUT2D eigenvalue weighted by Gasteiger charge is 2.20. The van der Waals surface area contributed by atoms with E-state index in [2.05, 4.69) is 55.4 Å². The van der Waals surface area contributed by atoms with Crippen molar-refractivity contribution in [3.63, 3.8) is 0 Å². The van der Waals surface area contributed by atoms with E-state index < -0.39 is 5.54 Å². The smallest absolute Gasteiger partial charge is 0.103 e. The molecule has 1 aromatic rings. The van der Waals surface area contributed by atoms with E-state index in [1.165, 1.54) is 16.8 Å². The van der Waals surface area contributed by atoms with Gasteiger partial charge in [-0.15, -0.1) is 0 Å². The van der Waals surface area contributed by atoms with Gasteiger partial charge in [-0.1, -0.05) is 6.07 Å². The van der Waals surface area contributed by atoms with Crippen molar-refractivity contribution in [2.45, 2.75) is 39.2 Å². The van der Waals surface area contributed by atoms with Gasteiger partial charge in [-0.2, -0.15) is 5.26 Å². The summed E-state index contributed by atoms with van der Waals surface area (Å²) in [5, 5.41) is 12.2. The van der Waals surface area contributed by atoms with Gasteiger partial charge in [0.05, 0.1) is 6.07 Å². The van der Waals surface area contributed by atoms with Crippen LogP contribution < -0.4 is 10.2 Å². The van der Waals surface area contributed by atoms with E-state index in [1.807, 2.05) is 14.0 Å². The van der Waals surface area contributed by atoms with Crippen LogP contribution in [0.25, 0.3) is 0 Å². The van der Waals surface area contributed by atoms with E-state index in [4.69, 9.17) is 5.26 Å². The molecule has 0 aromatic heterocycles. The molecule has 1 N–H and O–H groups in total. The molecule has 0 aliphatic carbocycles. The lowest BCUT2D eigenvalue weighted by molar-refractivity contribution is 0.442. The fraction of sp³-hybridized carbons (Fsp3) is 0.562. The fourth-order valence-corrected chi connectivity index (χ4v) is 2.21. The molecule has 3 nitrogen and oxygen atoms in total. The third kappa shape index (κ3) is 4.57.